The molecule has 78 valence electrons. The maximum absolute atomic E-state index is 5.65. The standard InChI is InChI=1S/C11H10BrNOS/c1-2-8-7-15-11(13-8)14-10-6-4-3-5-9(10)12/h3-7H,2H2,1H3. The van der Waals surface area contributed by atoms with Crippen molar-refractivity contribution in [1.29, 1.82) is 0 Å². The first kappa shape index (κ1) is 10.6. The highest BCUT2D eigenvalue weighted by atomic mass is 79.9. The van der Waals surface area contributed by atoms with E-state index in [2.05, 4.69) is 27.8 Å². The minimum absolute atomic E-state index is 0.693. The molecule has 0 fully saturated rings. The van der Waals surface area contributed by atoms with Gasteiger partial charge in [-0.15, -0.1) is 0 Å². The molecule has 0 aliphatic rings. The highest BCUT2D eigenvalue weighted by Gasteiger charge is 2.05. The molecule has 2 nitrogen and oxygen atoms in total. The summed E-state index contributed by atoms with van der Waals surface area (Å²) in [6.45, 7) is 2.08. The van der Waals surface area contributed by atoms with Crippen LogP contribution in [0.3, 0.4) is 0 Å². The summed E-state index contributed by atoms with van der Waals surface area (Å²) in [5.74, 6) is 0.800. The SMILES string of the molecule is CCc1csc(Oc2ccccc2Br)n1. The van der Waals surface area contributed by atoms with Gasteiger partial charge >= 0.3 is 0 Å². The number of ether oxygens (including phenoxy) is 1. The molecular formula is C11H10BrNOS. The van der Waals surface area contributed by atoms with Gasteiger partial charge < -0.3 is 4.74 Å². The van der Waals surface area contributed by atoms with E-state index in [1.807, 2.05) is 29.6 Å². The second kappa shape index (κ2) is 4.77. The highest BCUT2D eigenvalue weighted by Crippen LogP contribution is 2.30. The van der Waals surface area contributed by atoms with Crippen LogP contribution >= 0.6 is 27.3 Å². The van der Waals surface area contributed by atoms with Gasteiger partial charge in [-0.25, -0.2) is 4.98 Å². The van der Waals surface area contributed by atoms with E-state index < -0.39 is 0 Å². The average Bonchev–Trinajstić information content (AvgIpc) is 2.69. The van der Waals surface area contributed by atoms with Gasteiger partial charge in [-0.05, 0) is 34.5 Å². The van der Waals surface area contributed by atoms with Crippen LogP contribution in [0, 0.1) is 0 Å². The molecule has 1 heterocycles. The highest BCUT2D eigenvalue weighted by molar-refractivity contribution is 9.10. The van der Waals surface area contributed by atoms with Crippen molar-refractivity contribution in [3.8, 4) is 10.9 Å². The molecule has 0 amide bonds. The van der Waals surface area contributed by atoms with Crippen LogP contribution < -0.4 is 4.74 Å². The Morgan fingerprint density at radius 1 is 1.40 bits per heavy atom. The number of hydrogen-bond acceptors (Lipinski definition) is 3. The van der Waals surface area contributed by atoms with Crippen LogP contribution in [0.15, 0.2) is 34.1 Å². The summed E-state index contributed by atoms with van der Waals surface area (Å²) in [5, 5.41) is 2.71. The van der Waals surface area contributed by atoms with Gasteiger partial charge in [0.05, 0.1) is 10.2 Å². The molecule has 1 aromatic carbocycles. The quantitative estimate of drug-likeness (QED) is 0.840. The van der Waals surface area contributed by atoms with Crippen molar-refractivity contribution in [2.45, 2.75) is 13.3 Å². The molecule has 0 aliphatic heterocycles. The van der Waals surface area contributed by atoms with Crippen LogP contribution in [-0.4, -0.2) is 4.98 Å². The van der Waals surface area contributed by atoms with Crippen molar-refractivity contribution in [3.05, 3.63) is 39.8 Å². The predicted molar refractivity (Wildman–Crippen MR) is 65.7 cm³/mol. The Labute approximate surface area is 101 Å². The lowest BCUT2D eigenvalue weighted by molar-refractivity contribution is 0.474. The van der Waals surface area contributed by atoms with Gasteiger partial charge in [0.15, 0.2) is 0 Å². The zero-order valence-corrected chi connectivity index (χ0v) is 10.6. The number of aromatic nitrogens is 1. The number of aryl methyl sites for hydroxylation is 1. The molecular weight excluding hydrogens is 274 g/mol. The molecule has 0 unspecified atom stereocenters. The molecule has 1 aromatic heterocycles. The Morgan fingerprint density at radius 3 is 2.87 bits per heavy atom. The number of halogens is 1. The molecule has 0 atom stereocenters. The third kappa shape index (κ3) is 2.58. The molecule has 0 aliphatic carbocycles. The normalized spacial score (nSPS) is 10.3. The molecule has 0 saturated carbocycles. The summed E-state index contributed by atoms with van der Waals surface area (Å²) in [7, 11) is 0. The first-order valence-corrected chi connectivity index (χ1v) is 6.33. The number of para-hydroxylation sites is 1. The molecule has 0 spiro atoms. The van der Waals surface area contributed by atoms with Crippen LogP contribution in [0.4, 0.5) is 0 Å². The van der Waals surface area contributed by atoms with E-state index in [4.69, 9.17) is 4.74 Å². The van der Waals surface area contributed by atoms with Crippen LogP contribution in [0.5, 0.6) is 10.9 Å². The van der Waals surface area contributed by atoms with Crippen molar-refractivity contribution >= 4 is 27.3 Å². The first-order chi connectivity index (χ1) is 7.29. The van der Waals surface area contributed by atoms with Crippen molar-refractivity contribution < 1.29 is 4.74 Å². The van der Waals surface area contributed by atoms with E-state index in [9.17, 15) is 0 Å². The lowest BCUT2D eigenvalue weighted by atomic mass is 10.3. The Bertz CT molecular complexity index is 455. The van der Waals surface area contributed by atoms with E-state index in [0.29, 0.717) is 5.19 Å². The van der Waals surface area contributed by atoms with E-state index in [-0.39, 0.29) is 0 Å². The first-order valence-electron chi connectivity index (χ1n) is 4.66. The third-order valence-corrected chi connectivity index (χ3v) is 3.35. The van der Waals surface area contributed by atoms with E-state index >= 15 is 0 Å². The van der Waals surface area contributed by atoms with Crippen LogP contribution in [0.1, 0.15) is 12.6 Å². The maximum atomic E-state index is 5.65. The van der Waals surface area contributed by atoms with E-state index in [0.717, 1.165) is 22.3 Å². The fourth-order valence-corrected chi connectivity index (χ4v) is 2.25. The van der Waals surface area contributed by atoms with Crippen molar-refractivity contribution in [1.82, 2.24) is 4.98 Å². The smallest absolute Gasteiger partial charge is 0.278 e. The summed E-state index contributed by atoms with van der Waals surface area (Å²) in [6, 6.07) is 7.76. The fourth-order valence-electron chi connectivity index (χ4n) is 1.12. The number of thiazole rings is 1. The second-order valence-electron chi connectivity index (χ2n) is 2.99. The van der Waals surface area contributed by atoms with E-state index in [1.165, 1.54) is 11.3 Å². The maximum Gasteiger partial charge on any atom is 0.278 e. The summed E-state index contributed by atoms with van der Waals surface area (Å²) in [5.41, 5.74) is 1.07. The molecule has 0 bridgehead atoms. The van der Waals surface area contributed by atoms with Crippen LogP contribution in [0.25, 0.3) is 0 Å². The molecule has 0 saturated heterocycles. The zero-order valence-electron chi connectivity index (χ0n) is 8.24. The molecule has 0 radical (unpaired) electrons. The van der Waals surface area contributed by atoms with Gasteiger partial charge in [-0.3, -0.25) is 0 Å². The second-order valence-corrected chi connectivity index (χ2v) is 4.67. The fraction of sp³-hybridized carbons (Fsp3) is 0.182. The predicted octanol–water partition coefficient (Wildman–Crippen LogP) is 4.26. The van der Waals surface area contributed by atoms with Gasteiger partial charge in [-0.1, -0.05) is 30.4 Å². The number of rotatable bonds is 3. The lowest BCUT2D eigenvalue weighted by Gasteiger charge is -2.02. The van der Waals surface area contributed by atoms with E-state index in [1.54, 1.807) is 0 Å². The summed E-state index contributed by atoms with van der Waals surface area (Å²) in [4.78, 5) is 4.34. The van der Waals surface area contributed by atoms with Crippen molar-refractivity contribution in [2.75, 3.05) is 0 Å². The zero-order chi connectivity index (χ0) is 10.7. The van der Waals surface area contributed by atoms with Crippen molar-refractivity contribution in [3.63, 3.8) is 0 Å². The third-order valence-electron chi connectivity index (χ3n) is 1.93. The van der Waals surface area contributed by atoms with Gasteiger partial charge in [-0.2, -0.15) is 0 Å². The van der Waals surface area contributed by atoms with Crippen molar-refractivity contribution in [2.24, 2.45) is 0 Å². The van der Waals surface area contributed by atoms with Gasteiger partial charge in [0.25, 0.3) is 5.19 Å². The number of nitrogens with zero attached hydrogens (tertiary/aromatic N) is 1. The topological polar surface area (TPSA) is 22.1 Å². The molecule has 0 N–H and O–H groups in total. The van der Waals surface area contributed by atoms with Gasteiger partial charge in [0.2, 0.25) is 0 Å². The minimum atomic E-state index is 0.693. The number of benzene rings is 1. The monoisotopic (exact) mass is 283 g/mol. The Balaban J connectivity index is 2.18. The lowest BCUT2D eigenvalue weighted by Crippen LogP contribution is -1.85. The Kier molecular flexibility index (Phi) is 3.38. The largest absolute Gasteiger partial charge is 0.430 e. The van der Waals surface area contributed by atoms with Crippen LogP contribution in [0.2, 0.25) is 0 Å². The average molecular weight is 284 g/mol. The van der Waals surface area contributed by atoms with Gasteiger partial charge in [0, 0.05) is 5.38 Å². The minimum Gasteiger partial charge on any atom is -0.430 e. The summed E-state index contributed by atoms with van der Waals surface area (Å²) < 4.78 is 6.59. The Morgan fingerprint density at radius 2 is 2.20 bits per heavy atom. The van der Waals surface area contributed by atoms with Crippen LogP contribution in [-0.2, 0) is 6.42 Å². The molecule has 15 heavy (non-hydrogen) atoms. The van der Waals surface area contributed by atoms with Gasteiger partial charge in [0.1, 0.15) is 5.75 Å². The summed E-state index contributed by atoms with van der Waals surface area (Å²) in [6.07, 6.45) is 0.940. The molecule has 2 rings (SSSR count). The summed E-state index contributed by atoms with van der Waals surface area (Å²) >= 11 is 4.95. The number of hydrogen-bond donors (Lipinski definition) is 0. The molecule has 4 heteroatoms. The Hall–Kier alpha value is -0.870. The molecule has 2 aromatic rings.